The summed E-state index contributed by atoms with van der Waals surface area (Å²) in [6.07, 6.45) is 3.34. The van der Waals surface area contributed by atoms with Crippen LogP contribution < -0.4 is 0 Å². The second-order valence-electron chi connectivity index (χ2n) is 3.40. The lowest BCUT2D eigenvalue weighted by Gasteiger charge is -2.05. The summed E-state index contributed by atoms with van der Waals surface area (Å²) in [5, 5.41) is 9.09. The number of aromatic nitrogens is 2. The van der Waals surface area contributed by atoms with E-state index in [2.05, 4.69) is 25.9 Å². The van der Waals surface area contributed by atoms with Crippen LogP contribution in [0.15, 0.2) is 46.0 Å². The van der Waals surface area contributed by atoms with Crippen molar-refractivity contribution in [2.45, 2.75) is 10.6 Å². The summed E-state index contributed by atoms with van der Waals surface area (Å²) in [5.74, 6) is 0.287. The molecule has 92 valence electrons. The van der Waals surface area contributed by atoms with Crippen molar-refractivity contribution in [3.63, 3.8) is 0 Å². The van der Waals surface area contributed by atoms with E-state index in [0.717, 1.165) is 4.47 Å². The summed E-state index contributed by atoms with van der Waals surface area (Å²) >= 11 is 4.74. The molecule has 4 nitrogen and oxygen atoms in total. The van der Waals surface area contributed by atoms with Crippen molar-refractivity contribution < 1.29 is 9.90 Å². The SMILES string of the molecule is O=C(O)c1ccc(Br)cc1SCc1ncccn1. The molecule has 0 spiro atoms. The standard InChI is InChI=1S/C12H9BrN2O2S/c13-8-2-3-9(12(16)17)10(6-8)18-7-11-14-4-1-5-15-11/h1-6H,7H2,(H,16,17). The van der Waals surface area contributed by atoms with Crippen LogP contribution >= 0.6 is 27.7 Å². The van der Waals surface area contributed by atoms with Crippen LogP contribution in [0.25, 0.3) is 0 Å². The van der Waals surface area contributed by atoms with Crippen molar-refractivity contribution in [1.29, 1.82) is 0 Å². The second kappa shape index (κ2) is 5.97. The molecule has 1 aromatic heterocycles. The van der Waals surface area contributed by atoms with Crippen LogP contribution in [0.3, 0.4) is 0 Å². The van der Waals surface area contributed by atoms with Gasteiger partial charge in [-0.1, -0.05) is 15.9 Å². The van der Waals surface area contributed by atoms with Gasteiger partial charge in [-0.05, 0) is 24.3 Å². The third-order valence-electron chi connectivity index (χ3n) is 2.15. The molecular weight excluding hydrogens is 316 g/mol. The molecule has 1 heterocycles. The minimum atomic E-state index is -0.931. The highest BCUT2D eigenvalue weighted by Crippen LogP contribution is 2.28. The van der Waals surface area contributed by atoms with Gasteiger partial charge in [0.05, 0.1) is 11.3 Å². The molecule has 2 aromatic rings. The quantitative estimate of drug-likeness (QED) is 0.875. The van der Waals surface area contributed by atoms with E-state index in [1.807, 2.05) is 0 Å². The molecule has 0 atom stereocenters. The molecule has 0 aliphatic heterocycles. The predicted octanol–water partition coefficient (Wildman–Crippen LogP) is 3.23. The Morgan fingerprint density at radius 3 is 2.72 bits per heavy atom. The van der Waals surface area contributed by atoms with Crippen LogP contribution in [0.2, 0.25) is 0 Å². The van der Waals surface area contributed by atoms with Crippen LogP contribution in [-0.4, -0.2) is 21.0 Å². The van der Waals surface area contributed by atoms with Crippen LogP contribution in [0, 0.1) is 0 Å². The highest BCUT2D eigenvalue weighted by atomic mass is 79.9. The molecule has 0 amide bonds. The summed E-state index contributed by atoms with van der Waals surface area (Å²) in [6, 6.07) is 6.83. The smallest absolute Gasteiger partial charge is 0.336 e. The van der Waals surface area contributed by atoms with Crippen molar-refractivity contribution in [3.8, 4) is 0 Å². The molecule has 0 fully saturated rings. The van der Waals surface area contributed by atoms with Crippen LogP contribution in [0.5, 0.6) is 0 Å². The maximum absolute atomic E-state index is 11.1. The summed E-state index contributed by atoms with van der Waals surface area (Å²) in [4.78, 5) is 20.0. The van der Waals surface area contributed by atoms with Crippen molar-refractivity contribution in [1.82, 2.24) is 9.97 Å². The second-order valence-corrected chi connectivity index (χ2v) is 5.33. The maximum Gasteiger partial charge on any atom is 0.336 e. The fourth-order valence-corrected chi connectivity index (χ4v) is 2.81. The number of rotatable bonds is 4. The number of carboxylic acids is 1. The number of thioether (sulfide) groups is 1. The van der Waals surface area contributed by atoms with Gasteiger partial charge in [0.25, 0.3) is 0 Å². The van der Waals surface area contributed by atoms with Gasteiger partial charge in [-0.15, -0.1) is 11.8 Å². The van der Waals surface area contributed by atoms with Gasteiger partial charge in [-0.2, -0.15) is 0 Å². The number of aromatic carboxylic acids is 1. The average Bonchev–Trinajstić information content (AvgIpc) is 2.37. The van der Waals surface area contributed by atoms with E-state index in [9.17, 15) is 4.79 Å². The van der Waals surface area contributed by atoms with Crippen LogP contribution in [0.4, 0.5) is 0 Å². The van der Waals surface area contributed by atoms with Crippen molar-refractivity contribution in [2.24, 2.45) is 0 Å². The number of halogens is 1. The van der Waals surface area contributed by atoms with Crippen LogP contribution in [-0.2, 0) is 5.75 Å². The van der Waals surface area contributed by atoms with E-state index in [0.29, 0.717) is 22.0 Å². The number of carboxylic acid groups (broad SMARTS) is 1. The number of carbonyl (C=O) groups is 1. The third kappa shape index (κ3) is 3.30. The Kier molecular flexibility index (Phi) is 4.33. The lowest BCUT2D eigenvalue weighted by atomic mass is 10.2. The Morgan fingerprint density at radius 1 is 1.33 bits per heavy atom. The Hall–Kier alpha value is -1.40. The molecule has 6 heteroatoms. The predicted molar refractivity (Wildman–Crippen MR) is 72.7 cm³/mol. The molecule has 1 aromatic carbocycles. The summed E-state index contributed by atoms with van der Waals surface area (Å²) in [6.45, 7) is 0. The van der Waals surface area contributed by atoms with Gasteiger partial charge in [0.1, 0.15) is 5.82 Å². The lowest BCUT2D eigenvalue weighted by molar-refractivity contribution is 0.0693. The first kappa shape index (κ1) is 13.0. The Labute approximate surface area is 117 Å². The largest absolute Gasteiger partial charge is 0.478 e. The summed E-state index contributed by atoms with van der Waals surface area (Å²) < 4.78 is 0.851. The van der Waals surface area contributed by atoms with Crippen molar-refractivity contribution in [2.75, 3.05) is 0 Å². The fourth-order valence-electron chi connectivity index (χ4n) is 1.34. The van der Waals surface area contributed by atoms with Crippen LogP contribution in [0.1, 0.15) is 16.2 Å². The topological polar surface area (TPSA) is 63.1 Å². The zero-order valence-electron chi connectivity index (χ0n) is 9.21. The van der Waals surface area contributed by atoms with Gasteiger partial charge < -0.3 is 5.11 Å². The molecule has 0 saturated carbocycles. The normalized spacial score (nSPS) is 10.3. The third-order valence-corrected chi connectivity index (χ3v) is 3.69. The van der Waals surface area contributed by atoms with Crippen molar-refractivity contribution >= 4 is 33.7 Å². The van der Waals surface area contributed by atoms with E-state index in [1.54, 1.807) is 36.7 Å². The molecule has 0 bridgehead atoms. The Balaban J connectivity index is 2.18. The van der Waals surface area contributed by atoms with E-state index < -0.39 is 5.97 Å². The molecule has 2 rings (SSSR count). The van der Waals surface area contributed by atoms with E-state index in [1.165, 1.54) is 11.8 Å². The summed E-state index contributed by atoms with van der Waals surface area (Å²) in [5.41, 5.74) is 0.291. The minimum Gasteiger partial charge on any atom is -0.478 e. The van der Waals surface area contributed by atoms with Gasteiger partial charge in [-0.25, -0.2) is 14.8 Å². The Morgan fingerprint density at radius 2 is 2.06 bits per heavy atom. The molecule has 0 aliphatic carbocycles. The minimum absolute atomic E-state index is 0.291. The monoisotopic (exact) mass is 324 g/mol. The van der Waals surface area contributed by atoms with Gasteiger partial charge in [0.15, 0.2) is 0 Å². The highest BCUT2D eigenvalue weighted by molar-refractivity contribution is 9.10. The molecule has 0 unspecified atom stereocenters. The van der Waals surface area contributed by atoms with E-state index in [4.69, 9.17) is 5.11 Å². The van der Waals surface area contributed by atoms with E-state index >= 15 is 0 Å². The van der Waals surface area contributed by atoms with E-state index in [-0.39, 0.29) is 0 Å². The lowest BCUT2D eigenvalue weighted by Crippen LogP contribution is -1.99. The van der Waals surface area contributed by atoms with Gasteiger partial charge >= 0.3 is 5.97 Å². The first-order valence-electron chi connectivity index (χ1n) is 5.08. The van der Waals surface area contributed by atoms with Gasteiger partial charge in [-0.3, -0.25) is 0 Å². The maximum atomic E-state index is 11.1. The number of hydrogen-bond donors (Lipinski definition) is 1. The molecule has 1 N–H and O–H groups in total. The zero-order chi connectivity index (χ0) is 13.0. The highest BCUT2D eigenvalue weighted by Gasteiger charge is 2.11. The fraction of sp³-hybridized carbons (Fsp3) is 0.0833. The average molecular weight is 325 g/mol. The number of benzene rings is 1. The summed E-state index contributed by atoms with van der Waals surface area (Å²) in [7, 11) is 0. The molecule has 0 radical (unpaired) electrons. The van der Waals surface area contributed by atoms with Gasteiger partial charge in [0.2, 0.25) is 0 Å². The molecule has 18 heavy (non-hydrogen) atoms. The number of hydrogen-bond acceptors (Lipinski definition) is 4. The molecular formula is C12H9BrN2O2S. The zero-order valence-corrected chi connectivity index (χ0v) is 11.6. The molecule has 0 saturated heterocycles. The van der Waals surface area contributed by atoms with Crippen molar-refractivity contribution in [3.05, 3.63) is 52.5 Å². The first-order chi connectivity index (χ1) is 8.66. The molecule has 0 aliphatic rings. The van der Waals surface area contributed by atoms with Gasteiger partial charge in [0, 0.05) is 21.8 Å². The number of nitrogens with zero attached hydrogens (tertiary/aromatic N) is 2. The Bertz CT molecular complexity index is 563. The first-order valence-corrected chi connectivity index (χ1v) is 6.86.